The molecule has 3 N–H and O–H groups in total. The number of carbonyl (C=O) groups is 1. The zero-order valence-electron chi connectivity index (χ0n) is 11.0. The molecular formula is C13H19N3O3. The van der Waals surface area contributed by atoms with Gasteiger partial charge in [-0.15, -0.1) is 0 Å². The fourth-order valence-electron chi connectivity index (χ4n) is 2.37. The van der Waals surface area contributed by atoms with Gasteiger partial charge in [0.25, 0.3) is 0 Å². The first kappa shape index (κ1) is 13.6. The second-order valence-corrected chi connectivity index (χ2v) is 4.84. The molecule has 0 spiro atoms. The van der Waals surface area contributed by atoms with Crippen LogP contribution in [0.1, 0.15) is 29.6 Å². The van der Waals surface area contributed by atoms with Crippen LogP contribution in [0.2, 0.25) is 0 Å². The molecule has 0 aliphatic carbocycles. The van der Waals surface area contributed by atoms with Gasteiger partial charge < -0.3 is 20.5 Å². The van der Waals surface area contributed by atoms with E-state index in [1.165, 1.54) is 25.1 Å². The van der Waals surface area contributed by atoms with E-state index in [4.69, 9.17) is 15.6 Å². The summed E-state index contributed by atoms with van der Waals surface area (Å²) in [4.78, 5) is 17.3. The first-order valence-electron chi connectivity index (χ1n) is 6.40. The Morgan fingerprint density at radius 1 is 1.68 bits per heavy atom. The topological polar surface area (TPSA) is 88.7 Å². The molecule has 0 radical (unpaired) electrons. The van der Waals surface area contributed by atoms with Crippen LogP contribution in [0.15, 0.2) is 12.3 Å². The molecule has 2 heterocycles. The molecule has 1 aliphatic rings. The van der Waals surface area contributed by atoms with Gasteiger partial charge in [0.05, 0.1) is 18.5 Å². The van der Waals surface area contributed by atoms with Crippen LogP contribution >= 0.6 is 0 Å². The van der Waals surface area contributed by atoms with Crippen molar-refractivity contribution in [2.75, 3.05) is 25.9 Å². The van der Waals surface area contributed by atoms with Gasteiger partial charge in [-0.2, -0.15) is 0 Å². The summed E-state index contributed by atoms with van der Waals surface area (Å²) in [5.74, 6) is -0.935. The lowest BCUT2D eigenvalue weighted by atomic mass is 10.1. The van der Waals surface area contributed by atoms with Crippen molar-refractivity contribution in [3.05, 3.63) is 17.8 Å². The Kier molecular flexibility index (Phi) is 4.21. The fraction of sp³-hybridized carbons (Fsp3) is 0.538. The minimum Gasteiger partial charge on any atom is -0.477 e. The second kappa shape index (κ2) is 5.88. The number of nitrogens with two attached hydrogens (primary N) is 1. The van der Waals surface area contributed by atoms with E-state index in [2.05, 4.69) is 16.9 Å². The number of pyridine rings is 1. The summed E-state index contributed by atoms with van der Waals surface area (Å²) >= 11 is 0. The number of aromatic carboxylic acids is 1. The maximum absolute atomic E-state index is 11.1. The van der Waals surface area contributed by atoms with Gasteiger partial charge in [-0.25, -0.2) is 9.78 Å². The molecule has 1 unspecified atom stereocenters. The summed E-state index contributed by atoms with van der Waals surface area (Å²) in [5.41, 5.74) is 5.86. The minimum absolute atomic E-state index is 0.0137. The SMILES string of the molecule is CN1CCCC1CCOc1ncc(N)cc1C(=O)O. The summed E-state index contributed by atoms with van der Waals surface area (Å²) in [6.45, 7) is 1.58. The Hall–Kier alpha value is -1.82. The molecule has 1 aromatic rings. The molecule has 0 saturated carbocycles. The number of hydrogen-bond donors (Lipinski definition) is 2. The number of hydrogen-bond acceptors (Lipinski definition) is 5. The van der Waals surface area contributed by atoms with Gasteiger partial charge in [-0.3, -0.25) is 0 Å². The van der Waals surface area contributed by atoms with Crippen LogP contribution in [0.5, 0.6) is 5.88 Å². The molecule has 0 bridgehead atoms. The molecule has 2 rings (SSSR count). The van der Waals surface area contributed by atoms with Crippen molar-refractivity contribution >= 4 is 11.7 Å². The van der Waals surface area contributed by atoms with Crippen molar-refractivity contribution < 1.29 is 14.6 Å². The molecule has 0 aromatic carbocycles. The van der Waals surface area contributed by atoms with E-state index in [9.17, 15) is 4.79 Å². The van der Waals surface area contributed by atoms with Gasteiger partial charge in [0.2, 0.25) is 5.88 Å². The van der Waals surface area contributed by atoms with E-state index in [1.54, 1.807) is 0 Å². The number of anilines is 1. The molecule has 0 amide bonds. The summed E-state index contributed by atoms with van der Waals surface area (Å²) in [6.07, 6.45) is 4.66. The van der Waals surface area contributed by atoms with Crippen LogP contribution < -0.4 is 10.5 Å². The maximum atomic E-state index is 11.1. The Morgan fingerprint density at radius 3 is 3.11 bits per heavy atom. The summed E-state index contributed by atoms with van der Waals surface area (Å²) in [5, 5.41) is 9.06. The highest BCUT2D eigenvalue weighted by atomic mass is 16.5. The van der Waals surface area contributed by atoms with E-state index in [-0.39, 0.29) is 11.4 Å². The van der Waals surface area contributed by atoms with Crippen LogP contribution in [-0.4, -0.2) is 47.2 Å². The minimum atomic E-state index is -1.08. The molecular weight excluding hydrogens is 246 g/mol. The molecule has 19 heavy (non-hydrogen) atoms. The van der Waals surface area contributed by atoms with Crippen molar-refractivity contribution in [2.45, 2.75) is 25.3 Å². The lowest BCUT2D eigenvalue weighted by Crippen LogP contribution is -2.26. The Bertz CT molecular complexity index is 464. The predicted molar refractivity (Wildman–Crippen MR) is 71.4 cm³/mol. The van der Waals surface area contributed by atoms with Crippen LogP contribution in [0.4, 0.5) is 5.69 Å². The van der Waals surface area contributed by atoms with Crippen molar-refractivity contribution in [1.29, 1.82) is 0 Å². The molecule has 6 nitrogen and oxygen atoms in total. The van der Waals surface area contributed by atoms with Gasteiger partial charge >= 0.3 is 5.97 Å². The Balaban J connectivity index is 1.94. The second-order valence-electron chi connectivity index (χ2n) is 4.84. The number of aromatic nitrogens is 1. The number of likely N-dealkylation sites (tertiary alicyclic amines) is 1. The van der Waals surface area contributed by atoms with Gasteiger partial charge in [0.15, 0.2) is 0 Å². The number of carboxylic acid groups (broad SMARTS) is 1. The van der Waals surface area contributed by atoms with E-state index < -0.39 is 5.97 Å². The van der Waals surface area contributed by atoms with Crippen LogP contribution in [-0.2, 0) is 0 Å². The highest BCUT2D eigenvalue weighted by molar-refractivity contribution is 5.91. The van der Waals surface area contributed by atoms with Crippen molar-refractivity contribution in [3.63, 3.8) is 0 Å². The normalized spacial score (nSPS) is 19.5. The van der Waals surface area contributed by atoms with Gasteiger partial charge in [-0.05, 0) is 38.9 Å². The van der Waals surface area contributed by atoms with Crippen LogP contribution in [0.3, 0.4) is 0 Å². The molecule has 1 saturated heterocycles. The molecule has 1 atom stereocenters. The molecule has 104 valence electrons. The summed E-state index contributed by atoms with van der Waals surface area (Å²) < 4.78 is 5.49. The lowest BCUT2D eigenvalue weighted by molar-refractivity contribution is 0.0690. The standard InChI is InChI=1S/C13H19N3O3/c1-16-5-2-3-10(16)4-6-19-12-11(13(17)18)7-9(14)8-15-12/h7-8,10H,2-6,14H2,1H3,(H,17,18). The van der Waals surface area contributed by atoms with Crippen LogP contribution in [0, 0.1) is 0 Å². The van der Waals surface area contributed by atoms with Gasteiger partial charge in [0.1, 0.15) is 5.56 Å². The summed E-state index contributed by atoms with van der Waals surface area (Å²) in [7, 11) is 2.10. The highest BCUT2D eigenvalue weighted by Gasteiger charge is 2.21. The first-order valence-corrected chi connectivity index (χ1v) is 6.40. The summed E-state index contributed by atoms with van der Waals surface area (Å²) in [6, 6.07) is 1.88. The van der Waals surface area contributed by atoms with Crippen LogP contribution in [0.25, 0.3) is 0 Å². The number of carboxylic acids is 1. The number of rotatable bonds is 5. The largest absolute Gasteiger partial charge is 0.477 e. The maximum Gasteiger partial charge on any atom is 0.341 e. The van der Waals surface area contributed by atoms with Gasteiger partial charge in [0, 0.05) is 6.04 Å². The van der Waals surface area contributed by atoms with E-state index in [1.807, 2.05) is 0 Å². The smallest absolute Gasteiger partial charge is 0.341 e. The van der Waals surface area contributed by atoms with Crippen molar-refractivity contribution in [3.8, 4) is 5.88 Å². The number of nitrogens with zero attached hydrogens (tertiary/aromatic N) is 2. The Labute approximate surface area is 112 Å². The predicted octanol–water partition coefficient (Wildman–Crippen LogP) is 1.23. The molecule has 1 aromatic heterocycles. The van der Waals surface area contributed by atoms with E-state index in [0.29, 0.717) is 18.3 Å². The molecule has 1 aliphatic heterocycles. The zero-order valence-corrected chi connectivity index (χ0v) is 11.0. The monoisotopic (exact) mass is 265 g/mol. The average Bonchev–Trinajstić information content (AvgIpc) is 2.77. The number of ether oxygens (including phenoxy) is 1. The fourth-order valence-corrected chi connectivity index (χ4v) is 2.37. The Morgan fingerprint density at radius 2 is 2.47 bits per heavy atom. The first-order chi connectivity index (χ1) is 9.08. The number of nitrogen functional groups attached to an aromatic ring is 1. The highest BCUT2D eigenvalue weighted by Crippen LogP contribution is 2.20. The average molecular weight is 265 g/mol. The molecule has 1 fully saturated rings. The van der Waals surface area contributed by atoms with Crippen molar-refractivity contribution in [2.24, 2.45) is 0 Å². The van der Waals surface area contributed by atoms with Gasteiger partial charge in [-0.1, -0.05) is 0 Å². The third-order valence-corrected chi connectivity index (χ3v) is 3.46. The third-order valence-electron chi connectivity index (χ3n) is 3.46. The third kappa shape index (κ3) is 3.35. The molecule has 6 heteroatoms. The van der Waals surface area contributed by atoms with E-state index in [0.717, 1.165) is 13.0 Å². The lowest BCUT2D eigenvalue weighted by Gasteiger charge is -2.19. The quantitative estimate of drug-likeness (QED) is 0.832. The van der Waals surface area contributed by atoms with Crippen molar-refractivity contribution in [1.82, 2.24) is 9.88 Å². The van der Waals surface area contributed by atoms with E-state index >= 15 is 0 Å². The zero-order chi connectivity index (χ0) is 13.8.